The van der Waals surface area contributed by atoms with Crippen molar-refractivity contribution in [3.05, 3.63) is 140 Å². The summed E-state index contributed by atoms with van der Waals surface area (Å²) in [5.41, 5.74) is 3.24. The highest BCUT2D eigenvalue weighted by Crippen LogP contribution is 2.45. The van der Waals surface area contributed by atoms with Crippen molar-refractivity contribution >= 4 is 68.9 Å². The maximum atomic E-state index is 14.1. The predicted octanol–water partition coefficient (Wildman–Crippen LogP) is 8.79. The molecule has 1 aliphatic rings. The number of nitrogens with zero attached hydrogens (tertiary/aromatic N) is 3. The van der Waals surface area contributed by atoms with Crippen LogP contribution < -0.4 is 9.64 Å². The van der Waals surface area contributed by atoms with Crippen LogP contribution >= 0.6 is 46.3 Å². The number of carbonyl (C=O) groups is 2. The molecule has 1 fully saturated rings. The van der Waals surface area contributed by atoms with E-state index in [1.807, 2.05) is 31.2 Å². The van der Waals surface area contributed by atoms with Crippen LogP contribution in [0.2, 0.25) is 10.0 Å². The third-order valence-corrected chi connectivity index (χ3v) is 10.2. The number of aryl methyl sites for hydroxylation is 1. The van der Waals surface area contributed by atoms with E-state index in [0.717, 1.165) is 22.5 Å². The summed E-state index contributed by atoms with van der Waals surface area (Å²) in [7, 11) is 0. The normalized spacial score (nSPS) is 15.8. The van der Waals surface area contributed by atoms with Gasteiger partial charge in [0.05, 0.1) is 21.7 Å². The quantitative estimate of drug-likeness (QED) is 0.0543. The highest BCUT2D eigenvalue weighted by molar-refractivity contribution is 8.00. The van der Waals surface area contributed by atoms with Crippen LogP contribution in [0.4, 0.5) is 9.52 Å². The number of aliphatic hydroxyl groups is 1. The number of carbonyl (C=O) groups excluding carboxylic acids is 2. The molecule has 1 atom stereocenters. The van der Waals surface area contributed by atoms with Crippen molar-refractivity contribution in [1.29, 1.82) is 0 Å². The predicted molar refractivity (Wildman–Crippen MR) is 179 cm³/mol. The lowest BCUT2D eigenvalue weighted by molar-refractivity contribution is -0.132. The Labute approximate surface area is 282 Å². The van der Waals surface area contributed by atoms with E-state index >= 15 is 0 Å². The smallest absolute Gasteiger partial charge is 0.301 e. The molecular weight excluding hydrogens is 668 g/mol. The van der Waals surface area contributed by atoms with E-state index in [0.29, 0.717) is 39.1 Å². The Kier molecular flexibility index (Phi) is 9.42. The van der Waals surface area contributed by atoms with Crippen LogP contribution in [0.15, 0.2) is 101 Å². The number of aliphatic hydroxyl groups excluding tert-OH is 1. The number of aromatic nitrogens is 2. The molecular formula is C34H24Cl2FN3O4S2. The molecule has 1 saturated heterocycles. The molecule has 46 heavy (non-hydrogen) atoms. The zero-order valence-electron chi connectivity index (χ0n) is 24.1. The summed E-state index contributed by atoms with van der Waals surface area (Å²) in [4.78, 5) is 28.3. The Morgan fingerprint density at radius 1 is 0.957 bits per heavy atom. The van der Waals surface area contributed by atoms with E-state index in [-0.39, 0.29) is 32.3 Å². The Balaban J connectivity index is 1.32. The number of amides is 1. The van der Waals surface area contributed by atoms with Crippen LogP contribution in [0.3, 0.4) is 0 Å². The number of benzene rings is 4. The molecule has 7 nitrogen and oxygen atoms in total. The molecule has 4 aromatic carbocycles. The SMILES string of the molecule is Cc1ccccc1COc1ccc(C(O)=C2C(=O)C(=O)N(c3nnc(SCc4ccccc4F)s3)C2c2ccc(Cl)c(Cl)c2)cc1. The second kappa shape index (κ2) is 13.6. The van der Waals surface area contributed by atoms with Crippen molar-refractivity contribution in [2.75, 3.05) is 4.90 Å². The molecule has 1 unspecified atom stereocenters. The van der Waals surface area contributed by atoms with Crippen LogP contribution in [0.1, 0.15) is 33.9 Å². The molecule has 1 aromatic heterocycles. The second-order valence-corrected chi connectivity index (χ2v) is 13.3. The second-order valence-electron chi connectivity index (χ2n) is 10.3. The summed E-state index contributed by atoms with van der Waals surface area (Å²) in [5.74, 6) is -1.64. The molecule has 0 bridgehead atoms. The van der Waals surface area contributed by atoms with E-state index in [9.17, 15) is 19.1 Å². The lowest BCUT2D eigenvalue weighted by Gasteiger charge is -2.23. The van der Waals surface area contributed by atoms with Crippen molar-refractivity contribution in [3.8, 4) is 5.75 Å². The fourth-order valence-electron chi connectivity index (χ4n) is 4.94. The minimum absolute atomic E-state index is 0.133. The van der Waals surface area contributed by atoms with Gasteiger partial charge in [-0.3, -0.25) is 14.5 Å². The Morgan fingerprint density at radius 3 is 2.39 bits per heavy atom. The van der Waals surface area contributed by atoms with Gasteiger partial charge in [-0.05, 0) is 71.6 Å². The van der Waals surface area contributed by atoms with Gasteiger partial charge in [-0.25, -0.2) is 4.39 Å². The first-order valence-corrected chi connectivity index (χ1v) is 16.5. The topological polar surface area (TPSA) is 92.6 Å². The molecule has 232 valence electrons. The van der Waals surface area contributed by atoms with E-state index in [1.54, 1.807) is 54.6 Å². The monoisotopic (exact) mass is 691 g/mol. The van der Waals surface area contributed by atoms with Gasteiger partial charge in [-0.15, -0.1) is 10.2 Å². The van der Waals surface area contributed by atoms with Crippen LogP contribution in [-0.4, -0.2) is 27.0 Å². The maximum absolute atomic E-state index is 14.1. The number of Topliss-reactive ketones (excluding diaryl/α,β-unsaturated/α-hetero) is 1. The number of ether oxygens (including phenoxy) is 1. The van der Waals surface area contributed by atoms with Crippen molar-refractivity contribution in [1.82, 2.24) is 10.2 Å². The summed E-state index contributed by atoms with van der Waals surface area (Å²) < 4.78 is 20.5. The molecule has 2 heterocycles. The lowest BCUT2D eigenvalue weighted by Crippen LogP contribution is -2.29. The number of rotatable bonds is 9. The number of ketones is 1. The van der Waals surface area contributed by atoms with Crippen LogP contribution in [0.25, 0.3) is 5.76 Å². The molecule has 6 rings (SSSR count). The number of hydrogen-bond donors (Lipinski definition) is 1. The van der Waals surface area contributed by atoms with Crippen molar-refractivity contribution in [2.45, 2.75) is 29.7 Å². The maximum Gasteiger partial charge on any atom is 0.301 e. The van der Waals surface area contributed by atoms with E-state index in [1.165, 1.54) is 28.8 Å². The van der Waals surface area contributed by atoms with Crippen molar-refractivity contribution in [2.24, 2.45) is 0 Å². The van der Waals surface area contributed by atoms with Gasteiger partial charge in [-0.2, -0.15) is 0 Å². The minimum Gasteiger partial charge on any atom is -0.507 e. The molecule has 0 spiro atoms. The van der Waals surface area contributed by atoms with Gasteiger partial charge in [0.2, 0.25) is 5.13 Å². The summed E-state index contributed by atoms with van der Waals surface area (Å²) in [6.45, 7) is 2.37. The highest BCUT2D eigenvalue weighted by atomic mass is 35.5. The number of halogens is 3. The molecule has 0 radical (unpaired) electrons. The molecule has 0 saturated carbocycles. The largest absolute Gasteiger partial charge is 0.507 e. The number of anilines is 1. The molecule has 1 aliphatic heterocycles. The standard InChI is InChI=1S/C34H24Cl2FN3O4S2/c1-19-6-2-3-7-22(19)17-44-24-13-10-20(11-14-24)30(41)28-29(21-12-15-25(35)26(36)16-21)40(32(43)31(28)42)33-38-39-34(46-33)45-18-23-8-4-5-9-27(23)37/h2-16,29,41H,17-18H2,1H3. The van der Waals surface area contributed by atoms with Gasteiger partial charge in [0.1, 0.15) is 23.9 Å². The fourth-order valence-corrected chi connectivity index (χ4v) is 7.10. The van der Waals surface area contributed by atoms with Gasteiger partial charge in [0.25, 0.3) is 5.78 Å². The Morgan fingerprint density at radius 2 is 1.67 bits per heavy atom. The van der Waals surface area contributed by atoms with Crippen molar-refractivity contribution < 1.29 is 23.8 Å². The summed E-state index contributed by atoms with van der Waals surface area (Å²) in [6.07, 6.45) is 0. The summed E-state index contributed by atoms with van der Waals surface area (Å²) in [5, 5.41) is 20.5. The minimum atomic E-state index is -1.08. The van der Waals surface area contributed by atoms with Gasteiger partial charge in [0, 0.05) is 11.3 Å². The molecule has 1 amide bonds. The first kappa shape index (κ1) is 31.7. The zero-order valence-corrected chi connectivity index (χ0v) is 27.3. The third kappa shape index (κ3) is 6.52. The summed E-state index contributed by atoms with van der Waals surface area (Å²) in [6, 6.07) is 24.5. The summed E-state index contributed by atoms with van der Waals surface area (Å²) >= 11 is 14.9. The number of hydrogen-bond acceptors (Lipinski definition) is 8. The van der Waals surface area contributed by atoms with Crippen LogP contribution in [-0.2, 0) is 21.9 Å². The first-order valence-electron chi connectivity index (χ1n) is 13.9. The number of thioether (sulfide) groups is 1. The average Bonchev–Trinajstić information content (AvgIpc) is 3.63. The Bertz CT molecular complexity index is 1980. The van der Waals surface area contributed by atoms with Crippen LogP contribution in [0.5, 0.6) is 5.75 Å². The Hall–Kier alpha value is -4.22. The van der Waals surface area contributed by atoms with Gasteiger partial charge in [0.15, 0.2) is 4.34 Å². The van der Waals surface area contributed by atoms with E-state index in [4.69, 9.17) is 27.9 Å². The van der Waals surface area contributed by atoms with E-state index < -0.39 is 17.7 Å². The molecule has 1 N–H and O–H groups in total. The van der Waals surface area contributed by atoms with Gasteiger partial charge < -0.3 is 9.84 Å². The molecule has 0 aliphatic carbocycles. The highest BCUT2D eigenvalue weighted by Gasteiger charge is 2.48. The fraction of sp³-hybridized carbons (Fsp3) is 0.118. The van der Waals surface area contributed by atoms with Gasteiger partial charge in [-0.1, -0.05) is 94.8 Å². The first-order chi connectivity index (χ1) is 22.2. The molecule has 12 heteroatoms. The van der Waals surface area contributed by atoms with E-state index in [2.05, 4.69) is 10.2 Å². The van der Waals surface area contributed by atoms with Gasteiger partial charge >= 0.3 is 5.91 Å². The zero-order chi connectivity index (χ0) is 32.4. The van der Waals surface area contributed by atoms with Crippen molar-refractivity contribution in [3.63, 3.8) is 0 Å². The third-order valence-electron chi connectivity index (χ3n) is 7.40. The van der Waals surface area contributed by atoms with Crippen LogP contribution in [0, 0.1) is 12.7 Å². The average molecular weight is 693 g/mol. The molecule has 5 aromatic rings. The lowest BCUT2D eigenvalue weighted by atomic mass is 9.95.